The molecule has 0 aliphatic heterocycles. The molecule has 154 valence electrons. The first-order valence-electron chi connectivity index (χ1n) is 10.2. The van der Waals surface area contributed by atoms with E-state index in [0.29, 0.717) is 11.5 Å². The molecule has 0 aliphatic carbocycles. The molecule has 2 N–H and O–H groups in total. The first-order chi connectivity index (χ1) is 15.0. The molecule has 0 fully saturated rings. The molecular weight excluding hydrogens is 388 g/mol. The number of hydrogen-bond donors (Lipinski definition) is 2. The third-order valence-electron chi connectivity index (χ3n) is 5.66. The molecule has 0 saturated carbocycles. The highest BCUT2D eigenvalue weighted by Crippen LogP contribution is 2.27. The van der Waals surface area contributed by atoms with E-state index in [9.17, 15) is 4.79 Å². The smallest absolute Gasteiger partial charge is 0.263 e. The number of anilines is 1. The summed E-state index contributed by atoms with van der Waals surface area (Å²) >= 11 is 0. The molecule has 1 atom stereocenters. The van der Waals surface area contributed by atoms with Crippen molar-refractivity contribution in [3.8, 4) is 5.69 Å². The van der Waals surface area contributed by atoms with Crippen LogP contribution in [0.5, 0.6) is 0 Å². The largest absolute Gasteiger partial charge is 0.360 e. The SMILES string of the molecule is Cc1ccccc1-n1c([C@H](C)Nc2ncnc3nc[nH]c23)cc2cccc(C)c2c1=O. The number of benzene rings is 2. The molecule has 0 saturated heterocycles. The minimum atomic E-state index is -0.210. The summed E-state index contributed by atoms with van der Waals surface area (Å²) in [7, 11) is 0. The lowest BCUT2D eigenvalue weighted by Crippen LogP contribution is -2.26. The fourth-order valence-electron chi connectivity index (χ4n) is 4.09. The number of fused-ring (bicyclic) bond motifs is 2. The van der Waals surface area contributed by atoms with Crippen molar-refractivity contribution in [3.05, 3.63) is 88.4 Å². The van der Waals surface area contributed by atoms with Gasteiger partial charge in [-0.15, -0.1) is 0 Å². The monoisotopic (exact) mass is 410 g/mol. The molecule has 2 aromatic carbocycles. The number of aromatic amines is 1. The molecule has 7 nitrogen and oxygen atoms in total. The van der Waals surface area contributed by atoms with E-state index in [-0.39, 0.29) is 11.6 Å². The Morgan fingerprint density at radius 1 is 1.00 bits per heavy atom. The van der Waals surface area contributed by atoms with Crippen LogP contribution in [-0.2, 0) is 0 Å². The Bertz CT molecular complexity index is 1480. The number of nitrogens with zero attached hydrogens (tertiary/aromatic N) is 4. The molecule has 7 heteroatoms. The second-order valence-corrected chi connectivity index (χ2v) is 7.72. The number of aromatic nitrogens is 5. The third kappa shape index (κ3) is 3.15. The second-order valence-electron chi connectivity index (χ2n) is 7.72. The van der Waals surface area contributed by atoms with Gasteiger partial charge in [0.15, 0.2) is 11.5 Å². The van der Waals surface area contributed by atoms with Gasteiger partial charge in [0.1, 0.15) is 11.8 Å². The highest BCUT2D eigenvalue weighted by atomic mass is 16.1. The topological polar surface area (TPSA) is 88.5 Å². The number of rotatable bonds is 4. The number of aryl methyl sites for hydroxylation is 2. The molecule has 3 heterocycles. The fraction of sp³-hybridized carbons (Fsp3) is 0.167. The zero-order valence-electron chi connectivity index (χ0n) is 17.5. The molecular formula is C24H22N6O. The van der Waals surface area contributed by atoms with Gasteiger partial charge in [-0.3, -0.25) is 9.36 Å². The van der Waals surface area contributed by atoms with Crippen LogP contribution in [0.2, 0.25) is 0 Å². The van der Waals surface area contributed by atoms with Gasteiger partial charge in [-0.2, -0.15) is 0 Å². The van der Waals surface area contributed by atoms with Gasteiger partial charge in [-0.05, 0) is 49.4 Å². The molecule has 0 spiro atoms. The van der Waals surface area contributed by atoms with Gasteiger partial charge in [0.05, 0.1) is 23.4 Å². The predicted octanol–water partition coefficient (Wildman–Crippen LogP) is 4.45. The third-order valence-corrected chi connectivity index (χ3v) is 5.66. The maximum absolute atomic E-state index is 13.7. The van der Waals surface area contributed by atoms with Crippen LogP contribution in [0.15, 0.2) is 66.0 Å². The number of pyridine rings is 1. The minimum absolute atomic E-state index is 0.0251. The highest BCUT2D eigenvalue weighted by Gasteiger charge is 2.19. The van der Waals surface area contributed by atoms with Crippen molar-refractivity contribution >= 4 is 27.8 Å². The van der Waals surface area contributed by atoms with Gasteiger partial charge in [0, 0.05) is 5.69 Å². The fourth-order valence-corrected chi connectivity index (χ4v) is 4.09. The summed E-state index contributed by atoms with van der Waals surface area (Å²) in [5, 5.41) is 5.10. The molecule has 0 unspecified atom stereocenters. The Morgan fingerprint density at radius 3 is 2.65 bits per heavy atom. The van der Waals surface area contributed by atoms with E-state index in [2.05, 4.69) is 31.3 Å². The summed E-state index contributed by atoms with van der Waals surface area (Å²) in [6, 6.07) is 15.8. The zero-order chi connectivity index (χ0) is 21.5. The Kier molecular flexibility index (Phi) is 4.51. The molecule has 0 amide bonds. The molecule has 3 aromatic heterocycles. The van der Waals surface area contributed by atoms with Gasteiger partial charge in [-0.1, -0.05) is 36.4 Å². The summed E-state index contributed by atoms with van der Waals surface area (Å²) in [4.78, 5) is 29.6. The maximum Gasteiger partial charge on any atom is 0.263 e. The van der Waals surface area contributed by atoms with Crippen LogP contribution in [0, 0.1) is 13.8 Å². The number of imidazole rings is 1. The van der Waals surface area contributed by atoms with Gasteiger partial charge >= 0.3 is 0 Å². The van der Waals surface area contributed by atoms with Gasteiger partial charge in [-0.25, -0.2) is 15.0 Å². The lowest BCUT2D eigenvalue weighted by atomic mass is 10.0. The quantitative estimate of drug-likeness (QED) is 0.457. The Morgan fingerprint density at radius 2 is 1.81 bits per heavy atom. The summed E-state index contributed by atoms with van der Waals surface area (Å²) in [6.07, 6.45) is 3.08. The van der Waals surface area contributed by atoms with Crippen LogP contribution in [-0.4, -0.2) is 24.5 Å². The lowest BCUT2D eigenvalue weighted by molar-refractivity contribution is 0.771. The van der Waals surface area contributed by atoms with E-state index >= 15 is 0 Å². The summed E-state index contributed by atoms with van der Waals surface area (Å²) in [5.74, 6) is 0.642. The minimum Gasteiger partial charge on any atom is -0.360 e. The van der Waals surface area contributed by atoms with Crippen LogP contribution in [0.3, 0.4) is 0 Å². The molecule has 0 radical (unpaired) electrons. The highest BCUT2D eigenvalue weighted by molar-refractivity contribution is 5.86. The lowest BCUT2D eigenvalue weighted by Gasteiger charge is -2.22. The first-order valence-corrected chi connectivity index (χ1v) is 10.2. The van der Waals surface area contributed by atoms with Crippen molar-refractivity contribution in [3.63, 3.8) is 0 Å². The van der Waals surface area contributed by atoms with Crippen LogP contribution in [0.25, 0.3) is 27.6 Å². The zero-order valence-corrected chi connectivity index (χ0v) is 17.5. The van der Waals surface area contributed by atoms with Gasteiger partial charge < -0.3 is 10.3 Å². The summed E-state index contributed by atoms with van der Waals surface area (Å²) < 4.78 is 1.81. The molecule has 0 aliphatic rings. The summed E-state index contributed by atoms with van der Waals surface area (Å²) in [6.45, 7) is 6.02. The average molecular weight is 410 g/mol. The number of nitrogens with one attached hydrogen (secondary N) is 2. The van der Waals surface area contributed by atoms with E-state index in [1.54, 1.807) is 6.33 Å². The van der Waals surface area contributed by atoms with E-state index in [1.807, 2.05) is 67.8 Å². The van der Waals surface area contributed by atoms with Gasteiger partial charge in [0.2, 0.25) is 0 Å². The van der Waals surface area contributed by atoms with Crippen molar-refractivity contribution in [2.75, 3.05) is 5.32 Å². The molecule has 5 aromatic rings. The Labute approximate surface area is 178 Å². The van der Waals surface area contributed by atoms with Crippen molar-refractivity contribution in [1.29, 1.82) is 0 Å². The number of H-pyrrole nitrogens is 1. The average Bonchev–Trinajstić information content (AvgIpc) is 3.24. The van der Waals surface area contributed by atoms with Crippen molar-refractivity contribution < 1.29 is 0 Å². The van der Waals surface area contributed by atoms with Gasteiger partial charge in [0.25, 0.3) is 5.56 Å². The predicted molar refractivity (Wildman–Crippen MR) is 123 cm³/mol. The van der Waals surface area contributed by atoms with E-state index in [4.69, 9.17) is 0 Å². The Hall–Kier alpha value is -4.00. The van der Waals surface area contributed by atoms with E-state index in [1.165, 1.54) is 6.33 Å². The number of para-hydroxylation sites is 1. The van der Waals surface area contributed by atoms with Crippen molar-refractivity contribution in [1.82, 2.24) is 24.5 Å². The summed E-state index contributed by atoms with van der Waals surface area (Å²) in [5.41, 5.74) is 5.02. The van der Waals surface area contributed by atoms with Crippen LogP contribution < -0.4 is 10.9 Å². The Balaban J connectivity index is 1.74. The normalized spacial score (nSPS) is 12.4. The second kappa shape index (κ2) is 7.36. The number of hydrogen-bond acceptors (Lipinski definition) is 5. The van der Waals surface area contributed by atoms with Crippen LogP contribution >= 0.6 is 0 Å². The standard InChI is InChI=1S/C24H22N6O/c1-14-7-4-5-10-18(14)30-19(11-17-9-6-8-15(2)20(17)24(30)31)16(3)29-23-21-22(26-12-25-21)27-13-28-23/h4-13,16H,1-3H3,(H2,25,26,27,28,29)/t16-/m0/s1. The molecule has 5 rings (SSSR count). The van der Waals surface area contributed by atoms with Crippen LogP contribution in [0.4, 0.5) is 5.82 Å². The molecule has 0 bridgehead atoms. The van der Waals surface area contributed by atoms with E-state index < -0.39 is 0 Å². The first kappa shape index (κ1) is 19.0. The van der Waals surface area contributed by atoms with Crippen molar-refractivity contribution in [2.45, 2.75) is 26.8 Å². The van der Waals surface area contributed by atoms with Crippen molar-refractivity contribution in [2.24, 2.45) is 0 Å². The van der Waals surface area contributed by atoms with E-state index in [0.717, 1.165) is 38.8 Å². The molecule has 31 heavy (non-hydrogen) atoms. The van der Waals surface area contributed by atoms with Crippen LogP contribution in [0.1, 0.15) is 29.8 Å². The maximum atomic E-state index is 13.7.